The van der Waals surface area contributed by atoms with Crippen LogP contribution in [-0.4, -0.2) is 61.8 Å². The van der Waals surface area contributed by atoms with E-state index in [4.69, 9.17) is 0 Å². The Morgan fingerprint density at radius 3 is 2.27 bits per heavy atom. The summed E-state index contributed by atoms with van der Waals surface area (Å²) in [6, 6.07) is 0. The van der Waals surface area contributed by atoms with Gasteiger partial charge in [-0.3, -0.25) is 14.4 Å². The van der Waals surface area contributed by atoms with E-state index < -0.39 is 0 Å². The first kappa shape index (κ1) is 13.4. The third-order valence-corrected chi connectivity index (χ3v) is 2.03. The molecule has 0 unspecified atom stereocenters. The molecule has 0 aromatic heterocycles. The van der Waals surface area contributed by atoms with Crippen LogP contribution in [0.15, 0.2) is 0 Å². The first-order valence-electron chi connectivity index (χ1n) is 4.67. The van der Waals surface area contributed by atoms with E-state index in [0.29, 0.717) is 13.0 Å². The lowest BCUT2D eigenvalue weighted by Crippen LogP contribution is -2.42. The van der Waals surface area contributed by atoms with Gasteiger partial charge in [0.15, 0.2) is 0 Å². The Morgan fingerprint density at radius 2 is 1.80 bits per heavy atom. The zero-order valence-electron chi connectivity index (χ0n) is 9.32. The van der Waals surface area contributed by atoms with Crippen molar-refractivity contribution < 1.29 is 14.4 Å². The normalized spacial score (nSPS) is 9.27. The van der Waals surface area contributed by atoms with Gasteiger partial charge in [-0.1, -0.05) is 0 Å². The van der Waals surface area contributed by atoms with Crippen LogP contribution in [0.2, 0.25) is 0 Å². The molecule has 0 radical (unpaired) electrons. The molecule has 0 heterocycles. The molecule has 0 bridgehead atoms. The number of likely N-dealkylation sites (N-methyl/N-ethyl adjacent to an activating group) is 2. The van der Waals surface area contributed by atoms with Crippen molar-refractivity contribution in [3.8, 4) is 0 Å². The highest BCUT2D eigenvalue weighted by Gasteiger charge is 2.14. The molecule has 0 saturated heterocycles. The first-order valence-corrected chi connectivity index (χ1v) is 4.67. The molecule has 6 nitrogen and oxygen atoms in total. The molecule has 15 heavy (non-hydrogen) atoms. The molecule has 0 saturated carbocycles. The largest absolute Gasteiger partial charge is 0.350 e. The van der Waals surface area contributed by atoms with E-state index in [1.165, 1.54) is 16.8 Å². The number of rotatable bonds is 6. The quantitative estimate of drug-likeness (QED) is 0.558. The lowest BCUT2D eigenvalue weighted by molar-refractivity contribution is -0.138. The molecule has 0 aliphatic rings. The van der Waals surface area contributed by atoms with Crippen LogP contribution in [0.1, 0.15) is 6.92 Å². The average molecular weight is 215 g/mol. The van der Waals surface area contributed by atoms with Crippen LogP contribution in [0.3, 0.4) is 0 Å². The maximum atomic E-state index is 11.4. The summed E-state index contributed by atoms with van der Waals surface area (Å²) in [6.45, 7) is 2.41. The zero-order valence-corrected chi connectivity index (χ0v) is 9.32. The number of hydrogen-bond acceptors (Lipinski definition) is 3. The number of nitrogens with one attached hydrogen (secondary N) is 1. The summed E-state index contributed by atoms with van der Waals surface area (Å²) in [5, 5.41) is 2.25. The smallest absolute Gasteiger partial charge is 0.242 e. The van der Waals surface area contributed by atoms with Gasteiger partial charge in [0.2, 0.25) is 18.2 Å². The highest BCUT2D eigenvalue weighted by atomic mass is 16.2. The van der Waals surface area contributed by atoms with Crippen molar-refractivity contribution in [3.63, 3.8) is 0 Å². The van der Waals surface area contributed by atoms with Crippen LogP contribution >= 0.6 is 0 Å². The van der Waals surface area contributed by atoms with Gasteiger partial charge >= 0.3 is 0 Å². The minimum Gasteiger partial charge on any atom is -0.350 e. The van der Waals surface area contributed by atoms with Gasteiger partial charge in [0.05, 0.1) is 13.1 Å². The van der Waals surface area contributed by atoms with Crippen molar-refractivity contribution in [2.75, 3.05) is 33.7 Å². The van der Waals surface area contributed by atoms with E-state index >= 15 is 0 Å². The highest BCUT2D eigenvalue weighted by Crippen LogP contribution is 1.89. The molecular weight excluding hydrogens is 198 g/mol. The van der Waals surface area contributed by atoms with Gasteiger partial charge in [-0.25, -0.2) is 0 Å². The fourth-order valence-corrected chi connectivity index (χ4v) is 0.852. The number of carbonyl (C=O) groups excluding carboxylic acids is 3. The molecule has 0 aliphatic carbocycles. The van der Waals surface area contributed by atoms with Crippen molar-refractivity contribution in [2.24, 2.45) is 0 Å². The number of nitrogens with zero attached hydrogens (tertiary/aromatic N) is 2. The molecular formula is C9H17N3O3. The Hall–Kier alpha value is -1.59. The Balaban J connectivity index is 4.00. The van der Waals surface area contributed by atoms with Crippen LogP contribution in [0.5, 0.6) is 0 Å². The van der Waals surface area contributed by atoms with Crippen molar-refractivity contribution in [2.45, 2.75) is 6.92 Å². The van der Waals surface area contributed by atoms with Crippen LogP contribution < -0.4 is 5.32 Å². The molecule has 0 fully saturated rings. The molecule has 3 amide bonds. The summed E-state index contributed by atoms with van der Waals surface area (Å²) in [6.07, 6.45) is 0.450. The van der Waals surface area contributed by atoms with Gasteiger partial charge in [0.1, 0.15) is 0 Å². The molecule has 1 N–H and O–H groups in total. The van der Waals surface area contributed by atoms with Gasteiger partial charge in [0, 0.05) is 20.6 Å². The monoisotopic (exact) mass is 215 g/mol. The summed E-state index contributed by atoms with van der Waals surface area (Å²) >= 11 is 0. The molecule has 0 aliphatic heterocycles. The Morgan fingerprint density at radius 1 is 1.20 bits per heavy atom. The molecule has 0 aromatic rings. The van der Waals surface area contributed by atoms with Gasteiger partial charge in [-0.05, 0) is 6.92 Å². The van der Waals surface area contributed by atoms with Crippen LogP contribution in [0, 0.1) is 0 Å². The number of amides is 3. The molecule has 86 valence electrons. The second kappa shape index (κ2) is 6.80. The maximum absolute atomic E-state index is 11.4. The predicted molar refractivity (Wildman–Crippen MR) is 55.0 cm³/mol. The summed E-state index contributed by atoms with van der Waals surface area (Å²) < 4.78 is 0. The first-order chi connectivity index (χ1) is 7.02. The second-order valence-corrected chi connectivity index (χ2v) is 3.16. The molecule has 0 rings (SSSR count). The van der Waals surface area contributed by atoms with E-state index in [9.17, 15) is 14.4 Å². The summed E-state index contributed by atoms with van der Waals surface area (Å²) in [5.74, 6) is -0.417. The topological polar surface area (TPSA) is 69.7 Å². The third kappa shape index (κ3) is 4.99. The van der Waals surface area contributed by atoms with Crippen molar-refractivity contribution >= 4 is 18.2 Å². The van der Waals surface area contributed by atoms with Gasteiger partial charge in [-0.2, -0.15) is 0 Å². The Labute approximate surface area is 89.2 Å². The Bertz CT molecular complexity index is 243. The lowest BCUT2D eigenvalue weighted by Gasteiger charge is -2.20. The van der Waals surface area contributed by atoms with Crippen LogP contribution in [-0.2, 0) is 14.4 Å². The highest BCUT2D eigenvalue weighted by molar-refractivity contribution is 5.86. The van der Waals surface area contributed by atoms with Crippen molar-refractivity contribution in [1.29, 1.82) is 0 Å². The number of carbonyl (C=O) groups is 3. The fraction of sp³-hybridized carbons (Fsp3) is 0.667. The SMILES string of the molecule is CCN(C)C(=O)CN(C)C(=O)CNC=O. The van der Waals surface area contributed by atoms with E-state index in [1.807, 2.05) is 6.92 Å². The van der Waals surface area contributed by atoms with Crippen LogP contribution in [0.4, 0.5) is 0 Å². The molecule has 0 aromatic carbocycles. The van der Waals surface area contributed by atoms with Crippen molar-refractivity contribution in [3.05, 3.63) is 0 Å². The zero-order chi connectivity index (χ0) is 11.8. The third-order valence-electron chi connectivity index (χ3n) is 2.03. The number of hydrogen-bond donors (Lipinski definition) is 1. The van der Waals surface area contributed by atoms with E-state index in [1.54, 1.807) is 7.05 Å². The minimum absolute atomic E-state index is 0.0315. The second-order valence-electron chi connectivity index (χ2n) is 3.16. The summed E-state index contributed by atoms with van der Waals surface area (Å²) in [5.41, 5.74) is 0. The summed E-state index contributed by atoms with van der Waals surface area (Å²) in [4.78, 5) is 35.4. The van der Waals surface area contributed by atoms with Gasteiger partial charge < -0.3 is 15.1 Å². The van der Waals surface area contributed by atoms with E-state index in [0.717, 1.165) is 0 Å². The van der Waals surface area contributed by atoms with E-state index in [2.05, 4.69) is 5.32 Å². The average Bonchev–Trinajstić information content (AvgIpc) is 2.24. The Kier molecular flexibility index (Phi) is 6.08. The van der Waals surface area contributed by atoms with Crippen molar-refractivity contribution in [1.82, 2.24) is 15.1 Å². The maximum Gasteiger partial charge on any atom is 0.242 e. The fourth-order valence-electron chi connectivity index (χ4n) is 0.852. The molecule has 0 atom stereocenters. The van der Waals surface area contributed by atoms with Gasteiger partial charge in [0.25, 0.3) is 0 Å². The minimum atomic E-state index is -0.292. The van der Waals surface area contributed by atoms with E-state index in [-0.39, 0.29) is 24.9 Å². The predicted octanol–water partition coefficient (Wildman–Crippen LogP) is -1.33. The van der Waals surface area contributed by atoms with Crippen LogP contribution in [0.25, 0.3) is 0 Å². The molecule has 0 spiro atoms. The molecule has 6 heteroatoms. The lowest BCUT2D eigenvalue weighted by atomic mass is 10.4. The standard InChI is InChI=1S/C9H17N3O3/c1-4-11(2)9(15)6-12(3)8(14)5-10-7-13/h7H,4-6H2,1-3H3,(H,10,13). The summed E-state index contributed by atoms with van der Waals surface area (Å²) in [7, 11) is 3.19. The van der Waals surface area contributed by atoms with Gasteiger partial charge in [-0.15, -0.1) is 0 Å².